The van der Waals surface area contributed by atoms with Crippen LogP contribution < -0.4 is 10.2 Å². The Balaban J connectivity index is 1.49. The molecule has 5 heteroatoms. The number of para-hydroxylation sites is 1. The first-order valence-corrected chi connectivity index (χ1v) is 9.52. The Bertz CT molecular complexity index is 1070. The van der Waals surface area contributed by atoms with Gasteiger partial charge in [-0.2, -0.15) is 0 Å². The summed E-state index contributed by atoms with van der Waals surface area (Å²) in [5, 5.41) is 2.79. The van der Waals surface area contributed by atoms with Crippen molar-refractivity contribution >= 4 is 29.5 Å². The van der Waals surface area contributed by atoms with Crippen LogP contribution in [0.15, 0.2) is 72.8 Å². The number of nitrogens with zero attached hydrogens (tertiary/aromatic N) is 1. The Morgan fingerprint density at radius 2 is 1.69 bits per heavy atom. The smallest absolute Gasteiger partial charge is 0.258 e. The lowest BCUT2D eigenvalue weighted by molar-refractivity contribution is 0.0983. The molecule has 0 aliphatic carbocycles. The summed E-state index contributed by atoms with van der Waals surface area (Å²) in [7, 11) is 0. The standard InChI is InChI=1S/C24H20N2O3/c27-16-17-5-3-7-20(15-17)23(28)25-21-12-10-19(11-13-21)24(29)26-14-4-8-18-6-1-2-9-22(18)26/h1-3,5-7,9-13,15-16H,4,8,14H2,(H,25,28). The summed E-state index contributed by atoms with van der Waals surface area (Å²) in [6, 6.07) is 21.3. The van der Waals surface area contributed by atoms with E-state index in [1.807, 2.05) is 23.1 Å². The van der Waals surface area contributed by atoms with Gasteiger partial charge in [-0.1, -0.05) is 30.3 Å². The van der Waals surface area contributed by atoms with E-state index in [1.165, 1.54) is 11.6 Å². The fourth-order valence-electron chi connectivity index (χ4n) is 3.55. The van der Waals surface area contributed by atoms with Gasteiger partial charge in [0.15, 0.2) is 0 Å². The van der Waals surface area contributed by atoms with Crippen molar-refractivity contribution in [2.75, 3.05) is 16.8 Å². The van der Waals surface area contributed by atoms with Gasteiger partial charge in [-0.25, -0.2) is 0 Å². The molecule has 29 heavy (non-hydrogen) atoms. The van der Waals surface area contributed by atoms with Gasteiger partial charge in [0.1, 0.15) is 6.29 Å². The zero-order chi connectivity index (χ0) is 20.2. The van der Waals surface area contributed by atoms with Crippen LogP contribution in [0.5, 0.6) is 0 Å². The van der Waals surface area contributed by atoms with Crippen LogP contribution in [-0.4, -0.2) is 24.6 Å². The van der Waals surface area contributed by atoms with Crippen LogP contribution >= 0.6 is 0 Å². The topological polar surface area (TPSA) is 66.5 Å². The number of anilines is 2. The van der Waals surface area contributed by atoms with E-state index in [0.717, 1.165) is 18.5 Å². The third-order valence-electron chi connectivity index (χ3n) is 5.03. The first kappa shape index (κ1) is 18.6. The number of benzene rings is 3. The van der Waals surface area contributed by atoms with E-state index in [4.69, 9.17) is 0 Å². The minimum Gasteiger partial charge on any atom is -0.322 e. The first-order chi connectivity index (χ1) is 14.2. The van der Waals surface area contributed by atoms with Crippen molar-refractivity contribution in [3.8, 4) is 0 Å². The van der Waals surface area contributed by atoms with Crippen LogP contribution in [0.3, 0.4) is 0 Å². The largest absolute Gasteiger partial charge is 0.322 e. The Morgan fingerprint density at radius 3 is 2.48 bits per heavy atom. The molecule has 5 nitrogen and oxygen atoms in total. The van der Waals surface area contributed by atoms with Crippen molar-refractivity contribution in [2.45, 2.75) is 12.8 Å². The minimum absolute atomic E-state index is 0.0475. The number of carbonyl (C=O) groups is 3. The highest BCUT2D eigenvalue weighted by Gasteiger charge is 2.23. The molecular formula is C24H20N2O3. The highest BCUT2D eigenvalue weighted by molar-refractivity contribution is 6.08. The van der Waals surface area contributed by atoms with Crippen LogP contribution in [0.1, 0.15) is 43.1 Å². The van der Waals surface area contributed by atoms with Crippen molar-refractivity contribution in [1.29, 1.82) is 0 Å². The summed E-state index contributed by atoms with van der Waals surface area (Å²) in [6.45, 7) is 0.696. The van der Waals surface area contributed by atoms with Gasteiger partial charge in [0.2, 0.25) is 0 Å². The number of aryl methyl sites for hydroxylation is 1. The molecule has 0 aromatic heterocycles. The lowest BCUT2D eigenvalue weighted by atomic mass is 10.0. The summed E-state index contributed by atoms with van der Waals surface area (Å²) in [6.07, 6.45) is 2.63. The molecule has 0 atom stereocenters. The second-order valence-electron chi connectivity index (χ2n) is 6.96. The van der Waals surface area contributed by atoms with Gasteiger partial charge in [-0.15, -0.1) is 0 Å². The normalized spacial score (nSPS) is 12.8. The van der Waals surface area contributed by atoms with E-state index < -0.39 is 0 Å². The quantitative estimate of drug-likeness (QED) is 0.680. The third-order valence-corrected chi connectivity index (χ3v) is 5.03. The number of hydrogen-bond donors (Lipinski definition) is 1. The van der Waals surface area contributed by atoms with Crippen molar-refractivity contribution in [3.05, 3.63) is 95.1 Å². The molecule has 0 fully saturated rings. The summed E-state index contributed by atoms with van der Waals surface area (Å²) < 4.78 is 0. The van der Waals surface area contributed by atoms with Crippen molar-refractivity contribution in [3.63, 3.8) is 0 Å². The first-order valence-electron chi connectivity index (χ1n) is 9.52. The predicted molar refractivity (Wildman–Crippen MR) is 113 cm³/mol. The van der Waals surface area contributed by atoms with E-state index in [0.29, 0.717) is 35.2 Å². The molecule has 2 amide bonds. The van der Waals surface area contributed by atoms with Crippen LogP contribution in [0, 0.1) is 0 Å². The number of carbonyl (C=O) groups excluding carboxylic acids is 3. The predicted octanol–water partition coefficient (Wildman–Crippen LogP) is 4.34. The summed E-state index contributed by atoms with van der Waals surface area (Å²) >= 11 is 0. The van der Waals surface area contributed by atoms with Crippen LogP contribution in [0.4, 0.5) is 11.4 Å². The molecule has 1 N–H and O–H groups in total. The summed E-state index contributed by atoms with van der Waals surface area (Å²) in [4.78, 5) is 38.1. The number of rotatable bonds is 4. The zero-order valence-electron chi connectivity index (χ0n) is 15.8. The molecular weight excluding hydrogens is 364 g/mol. The lowest BCUT2D eigenvalue weighted by Crippen LogP contribution is -2.35. The monoisotopic (exact) mass is 384 g/mol. The minimum atomic E-state index is -0.308. The van der Waals surface area contributed by atoms with Gasteiger partial charge in [0.05, 0.1) is 0 Å². The third kappa shape index (κ3) is 3.94. The molecule has 1 aliphatic rings. The van der Waals surface area contributed by atoms with Gasteiger partial charge in [-0.3, -0.25) is 14.4 Å². The van der Waals surface area contributed by atoms with Gasteiger partial charge in [-0.05, 0) is 60.9 Å². The maximum atomic E-state index is 13.0. The molecule has 0 saturated carbocycles. The Morgan fingerprint density at radius 1 is 0.897 bits per heavy atom. The summed E-state index contributed by atoms with van der Waals surface area (Å²) in [5.74, 6) is -0.355. The fourth-order valence-corrected chi connectivity index (χ4v) is 3.55. The molecule has 0 saturated heterocycles. The van der Waals surface area contributed by atoms with Crippen molar-refractivity contribution in [1.82, 2.24) is 0 Å². The van der Waals surface area contributed by atoms with Crippen LogP contribution in [0.25, 0.3) is 0 Å². The van der Waals surface area contributed by atoms with Crippen LogP contribution in [0.2, 0.25) is 0 Å². The molecule has 0 radical (unpaired) electrons. The molecule has 0 unspecified atom stereocenters. The number of fused-ring (bicyclic) bond motifs is 1. The van der Waals surface area contributed by atoms with E-state index in [2.05, 4.69) is 11.4 Å². The van der Waals surface area contributed by atoms with Crippen molar-refractivity contribution in [2.24, 2.45) is 0 Å². The molecule has 1 heterocycles. The number of amides is 2. The van der Waals surface area contributed by atoms with Gasteiger partial charge < -0.3 is 10.2 Å². The molecule has 0 bridgehead atoms. The molecule has 144 valence electrons. The molecule has 3 aromatic carbocycles. The number of aldehydes is 1. The zero-order valence-corrected chi connectivity index (χ0v) is 15.8. The van der Waals surface area contributed by atoms with E-state index in [1.54, 1.807) is 42.5 Å². The van der Waals surface area contributed by atoms with E-state index >= 15 is 0 Å². The van der Waals surface area contributed by atoms with E-state index in [9.17, 15) is 14.4 Å². The highest BCUT2D eigenvalue weighted by Crippen LogP contribution is 2.28. The number of hydrogen-bond acceptors (Lipinski definition) is 3. The highest BCUT2D eigenvalue weighted by atomic mass is 16.2. The SMILES string of the molecule is O=Cc1cccc(C(=O)Nc2ccc(C(=O)N3CCCc4ccccc43)cc2)c1. The Kier molecular flexibility index (Phi) is 5.20. The maximum absolute atomic E-state index is 13.0. The lowest BCUT2D eigenvalue weighted by Gasteiger charge is -2.29. The molecule has 4 rings (SSSR count). The van der Waals surface area contributed by atoms with Crippen molar-refractivity contribution < 1.29 is 14.4 Å². The number of nitrogens with one attached hydrogen (secondary N) is 1. The molecule has 0 spiro atoms. The summed E-state index contributed by atoms with van der Waals surface area (Å²) in [5.41, 5.74) is 4.16. The van der Waals surface area contributed by atoms with Gasteiger partial charge in [0.25, 0.3) is 11.8 Å². The van der Waals surface area contributed by atoms with Gasteiger partial charge >= 0.3 is 0 Å². The van der Waals surface area contributed by atoms with Crippen LogP contribution in [-0.2, 0) is 6.42 Å². The van der Waals surface area contributed by atoms with E-state index in [-0.39, 0.29) is 11.8 Å². The second-order valence-corrected chi connectivity index (χ2v) is 6.96. The fraction of sp³-hybridized carbons (Fsp3) is 0.125. The Hall–Kier alpha value is -3.73. The molecule has 1 aliphatic heterocycles. The molecule has 3 aromatic rings. The second kappa shape index (κ2) is 8.10. The Labute approximate surface area is 169 Å². The maximum Gasteiger partial charge on any atom is 0.258 e. The average molecular weight is 384 g/mol. The average Bonchev–Trinajstić information content (AvgIpc) is 2.78. The van der Waals surface area contributed by atoms with Gasteiger partial charge in [0, 0.05) is 34.6 Å².